The van der Waals surface area contributed by atoms with Crippen molar-refractivity contribution in [2.75, 3.05) is 0 Å². The maximum absolute atomic E-state index is 12.5. The third kappa shape index (κ3) is 5.00. The molecule has 0 aliphatic rings. The summed E-state index contributed by atoms with van der Waals surface area (Å²) in [6.07, 6.45) is 3.35. The van der Waals surface area contributed by atoms with Crippen LogP contribution in [0.1, 0.15) is 34.2 Å². The molecule has 0 saturated heterocycles. The normalized spacial score (nSPS) is 11.1. The average molecular weight is 431 g/mol. The monoisotopic (exact) mass is 430 g/mol. The van der Waals surface area contributed by atoms with Crippen molar-refractivity contribution in [1.82, 2.24) is 9.88 Å². The Morgan fingerprint density at radius 2 is 1.71 bits per heavy atom. The van der Waals surface area contributed by atoms with Crippen molar-refractivity contribution in [2.45, 2.75) is 39.8 Å². The molecule has 4 heteroatoms. The molecule has 0 aliphatic carbocycles. The number of fused-ring (bicyclic) bond motifs is 1. The van der Waals surface area contributed by atoms with E-state index in [0.717, 1.165) is 12.1 Å². The lowest BCUT2D eigenvalue weighted by Crippen LogP contribution is -2.23. The van der Waals surface area contributed by atoms with E-state index in [1.54, 1.807) is 0 Å². The van der Waals surface area contributed by atoms with E-state index < -0.39 is 0 Å². The zero-order valence-electron chi connectivity index (χ0n) is 18.0. The Labute approximate surface area is 188 Å². The van der Waals surface area contributed by atoms with Gasteiger partial charge in [0.1, 0.15) is 0 Å². The minimum Gasteiger partial charge on any atom is -0.352 e. The van der Waals surface area contributed by atoms with Crippen LogP contribution in [-0.4, -0.2) is 10.5 Å². The van der Waals surface area contributed by atoms with Crippen LogP contribution in [0.4, 0.5) is 0 Å². The van der Waals surface area contributed by atoms with E-state index in [4.69, 9.17) is 11.6 Å². The zero-order valence-corrected chi connectivity index (χ0v) is 18.7. The van der Waals surface area contributed by atoms with Gasteiger partial charge in [0.05, 0.1) is 0 Å². The molecule has 158 valence electrons. The molecule has 4 rings (SSSR count). The topological polar surface area (TPSA) is 34.0 Å². The Hall–Kier alpha value is -3.04. The van der Waals surface area contributed by atoms with Crippen LogP contribution in [0.5, 0.6) is 0 Å². The Bertz CT molecular complexity index is 1230. The van der Waals surface area contributed by atoms with E-state index in [1.807, 2.05) is 24.3 Å². The molecule has 0 atom stereocenters. The minimum absolute atomic E-state index is 0.0336. The number of para-hydroxylation sites is 1. The van der Waals surface area contributed by atoms with Crippen LogP contribution in [0.25, 0.3) is 10.9 Å². The molecule has 1 amide bonds. The zero-order chi connectivity index (χ0) is 21.8. The first kappa shape index (κ1) is 21.2. The number of halogens is 1. The number of hydrogen-bond donors (Lipinski definition) is 1. The second-order valence-electron chi connectivity index (χ2n) is 8.10. The second kappa shape index (κ2) is 9.40. The highest BCUT2D eigenvalue weighted by Gasteiger charge is 2.12. The Balaban J connectivity index is 1.47. The van der Waals surface area contributed by atoms with E-state index in [1.165, 1.54) is 33.2 Å². The average Bonchev–Trinajstić information content (AvgIpc) is 3.12. The van der Waals surface area contributed by atoms with Gasteiger partial charge < -0.3 is 9.88 Å². The molecule has 0 unspecified atom stereocenters. The summed E-state index contributed by atoms with van der Waals surface area (Å²) in [5.41, 5.74) is 7.23. The van der Waals surface area contributed by atoms with Gasteiger partial charge in [-0.1, -0.05) is 71.8 Å². The van der Waals surface area contributed by atoms with Crippen molar-refractivity contribution < 1.29 is 4.79 Å². The van der Waals surface area contributed by atoms with Gasteiger partial charge in [-0.2, -0.15) is 0 Å². The van der Waals surface area contributed by atoms with Gasteiger partial charge in [-0.25, -0.2) is 0 Å². The summed E-state index contributed by atoms with van der Waals surface area (Å²) < 4.78 is 2.30. The van der Waals surface area contributed by atoms with Crippen LogP contribution in [0.3, 0.4) is 0 Å². The summed E-state index contributed by atoms with van der Waals surface area (Å²) in [6, 6.07) is 22.6. The lowest BCUT2D eigenvalue weighted by Gasteiger charge is -2.10. The molecule has 1 aromatic heterocycles. The standard InChI is InChI=1S/C27H27ClN2O/c1-19-11-12-20(2)23(15-19)18-30-17-22(24-8-4-6-10-26(24)30)13-14-27(31)29-16-21-7-3-5-9-25(21)28/h3-12,15,17H,13-14,16,18H2,1-2H3,(H,29,31). The van der Waals surface area contributed by atoms with Crippen LogP contribution in [-0.2, 0) is 24.3 Å². The van der Waals surface area contributed by atoms with Gasteiger partial charge >= 0.3 is 0 Å². The first-order chi connectivity index (χ1) is 15.0. The summed E-state index contributed by atoms with van der Waals surface area (Å²) in [5.74, 6) is 0.0336. The highest BCUT2D eigenvalue weighted by molar-refractivity contribution is 6.31. The van der Waals surface area contributed by atoms with Crippen molar-refractivity contribution in [3.05, 3.63) is 106 Å². The first-order valence-corrected chi connectivity index (χ1v) is 11.0. The molecule has 0 bridgehead atoms. The number of aryl methyl sites for hydroxylation is 3. The molecular weight excluding hydrogens is 404 g/mol. The van der Waals surface area contributed by atoms with Crippen molar-refractivity contribution in [2.24, 2.45) is 0 Å². The summed E-state index contributed by atoms with van der Waals surface area (Å²) in [6.45, 7) is 5.56. The van der Waals surface area contributed by atoms with Crippen LogP contribution < -0.4 is 5.32 Å². The fraction of sp³-hybridized carbons (Fsp3) is 0.222. The van der Waals surface area contributed by atoms with Gasteiger partial charge in [0, 0.05) is 41.6 Å². The smallest absolute Gasteiger partial charge is 0.220 e. The van der Waals surface area contributed by atoms with Gasteiger partial charge in [-0.3, -0.25) is 4.79 Å². The van der Waals surface area contributed by atoms with E-state index in [0.29, 0.717) is 24.4 Å². The van der Waals surface area contributed by atoms with E-state index in [9.17, 15) is 4.79 Å². The summed E-state index contributed by atoms with van der Waals surface area (Å²) >= 11 is 6.18. The van der Waals surface area contributed by atoms with Crippen molar-refractivity contribution in [3.8, 4) is 0 Å². The number of rotatable bonds is 7. The number of nitrogens with one attached hydrogen (secondary N) is 1. The Morgan fingerprint density at radius 1 is 0.935 bits per heavy atom. The van der Waals surface area contributed by atoms with Crippen molar-refractivity contribution in [1.29, 1.82) is 0 Å². The summed E-state index contributed by atoms with van der Waals surface area (Å²) in [7, 11) is 0. The molecule has 0 radical (unpaired) electrons. The molecule has 1 heterocycles. The first-order valence-electron chi connectivity index (χ1n) is 10.6. The van der Waals surface area contributed by atoms with Gasteiger partial charge in [0.25, 0.3) is 0 Å². The maximum atomic E-state index is 12.5. The Kier molecular flexibility index (Phi) is 6.43. The van der Waals surface area contributed by atoms with Crippen LogP contribution in [0.2, 0.25) is 5.02 Å². The summed E-state index contributed by atoms with van der Waals surface area (Å²) in [5, 5.41) is 4.88. The minimum atomic E-state index is 0.0336. The van der Waals surface area contributed by atoms with Gasteiger partial charge in [0.15, 0.2) is 0 Å². The molecule has 0 saturated carbocycles. The molecular formula is C27H27ClN2O. The van der Waals surface area contributed by atoms with Crippen LogP contribution in [0, 0.1) is 13.8 Å². The van der Waals surface area contributed by atoms with Crippen LogP contribution >= 0.6 is 11.6 Å². The fourth-order valence-corrected chi connectivity index (χ4v) is 4.18. The number of nitrogens with zero attached hydrogens (tertiary/aromatic N) is 1. The predicted molar refractivity (Wildman–Crippen MR) is 129 cm³/mol. The number of benzene rings is 3. The number of carbonyl (C=O) groups is 1. The number of carbonyl (C=O) groups excluding carboxylic acids is 1. The maximum Gasteiger partial charge on any atom is 0.220 e. The van der Waals surface area contributed by atoms with Gasteiger partial charge in [-0.15, -0.1) is 0 Å². The third-order valence-electron chi connectivity index (χ3n) is 5.77. The SMILES string of the molecule is Cc1ccc(C)c(Cn2cc(CCC(=O)NCc3ccccc3Cl)c3ccccc32)c1. The largest absolute Gasteiger partial charge is 0.352 e. The quantitative estimate of drug-likeness (QED) is 0.371. The van der Waals surface area contributed by atoms with E-state index >= 15 is 0 Å². The van der Waals surface area contributed by atoms with E-state index in [-0.39, 0.29) is 5.91 Å². The van der Waals surface area contributed by atoms with Gasteiger partial charge in [0.2, 0.25) is 5.91 Å². The number of amides is 1. The predicted octanol–water partition coefficient (Wildman–Crippen LogP) is 6.21. The van der Waals surface area contributed by atoms with Gasteiger partial charge in [-0.05, 0) is 54.7 Å². The van der Waals surface area contributed by atoms with Crippen molar-refractivity contribution >= 4 is 28.4 Å². The van der Waals surface area contributed by atoms with E-state index in [2.05, 4.69) is 72.4 Å². The second-order valence-corrected chi connectivity index (χ2v) is 8.50. The number of aromatic nitrogens is 1. The third-order valence-corrected chi connectivity index (χ3v) is 6.14. The molecule has 4 aromatic rings. The molecule has 0 aliphatic heterocycles. The number of hydrogen-bond acceptors (Lipinski definition) is 1. The van der Waals surface area contributed by atoms with Crippen LogP contribution in [0.15, 0.2) is 72.9 Å². The molecule has 3 aromatic carbocycles. The highest BCUT2D eigenvalue weighted by atomic mass is 35.5. The summed E-state index contributed by atoms with van der Waals surface area (Å²) in [4.78, 5) is 12.5. The Morgan fingerprint density at radius 3 is 2.55 bits per heavy atom. The lowest BCUT2D eigenvalue weighted by atomic mass is 10.1. The molecule has 1 N–H and O–H groups in total. The molecule has 31 heavy (non-hydrogen) atoms. The highest BCUT2D eigenvalue weighted by Crippen LogP contribution is 2.24. The molecule has 0 spiro atoms. The lowest BCUT2D eigenvalue weighted by molar-refractivity contribution is -0.121. The fourth-order valence-electron chi connectivity index (χ4n) is 3.98. The van der Waals surface area contributed by atoms with Crippen molar-refractivity contribution in [3.63, 3.8) is 0 Å². The molecule has 3 nitrogen and oxygen atoms in total. The molecule has 0 fully saturated rings.